The van der Waals surface area contributed by atoms with Crippen LogP contribution in [0.2, 0.25) is 0 Å². The van der Waals surface area contributed by atoms with Crippen LogP contribution < -0.4 is 16.6 Å². The van der Waals surface area contributed by atoms with Gasteiger partial charge in [0.25, 0.3) is 11.5 Å². The van der Waals surface area contributed by atoms with E-state index in [-0.39, 0.29) is 12.2 Å². The third-order valence-electron chi connectivity index (χ3n) is 6.32. The van der Waals surface area contributed by atoms with Crippen molar-refractivity contribution in [3.05, 3.63) is 91.8 Å². The summed E-state index contributed by atoms with van der Waals surface area (Å²) in [5, 5.41) is 7.02. The van der Waals surface area contributed by atoms with Crippen molar-refractivity contribution in [3.63, 3.8) is 0 Å². The van der Waals surface area contributed by atoms with Crippen molar-refractivity contribution in [3.8, 4) is 5.69 Å². The van der Waals surface area contributed by atoms with Crippen molar-refractivity contribution in [2.45, 2.75) is 33.2 Å². The number of amides is 1. The average molecular weight is 492 g/mol. The first-order valence-corrected chi connectivity index (χ1v) is 12.3. The minimum atomic E-state index is -0.708. The Balaban J connectivity index is 1.68. The van der Waals surface area contributed by atoms with Gasteiger partial charge in [-0.15, -0.1) is 0 Å². The number of nitrogens with zero attached hydrogens (tertiary/aromatic N) is 4. The number of aryl methyl sites for hydroxylation is 1. The molecule has 2 heterocycles. The van der Waals surface area contributed by atoms with Gasteiger partial charge < -0.3 is 10.1 Å². The standard InChI is InChI=1S/C27H33N5O4/c1-19(2)22-7-9-23(10-8-22)32-27(35)31(18-21-6-4-5-20(3)17-21)26(34)24(29-32)25(33)28-11-12-30-13-15-36-16-14-30/h4-10,17,19H,11-16,18H2,1-3H3,(H,28,33). The lowest BCUT2D eigenvalue weighted by molar-refractivity contribution is 0.0383. The molecule has 9 nitrogen and oxygen atoms in total. The Hall–Kier alpha value is -3.56. The highest BCUT2D eigenvalue weighted by Gasteiger charge is 2.21. The van der Waals surface area contributed by atoms with Crippen LogP contribution in [0.15, 0.2) is 58.1 Å². The molecule has 1 N–H and O–H groups in total. The second-order valence-electron chi connectivity index (χ2n) is 9.38. The molecule has 1 saturated heterocycles. The number of hydrogen-bond acceptors (Lipinski definition) is 6. The lowest BCUT2D eigenvalue weighted by atomic mass is 10.0. The van der Waals surface area contributed by atoms with E-state index in [0.717, 1.165) is 39.0 Å². The lowest BCUT2D eigenvalue weighted by Crippen LogP contribution is -2.47. The zero-order valence-corrected chi connectivity index (χ0v) is 21.1. The molecule has 0 radical (unpaired) electrons. The molecule has 3 aromatic rings. The van der Waals surface area contributed by atoms with E-state index >= 15 is 0 Å². The smallest absolute Gasteiger partial charge is 0.352 e. The van der Waals surface area contributed by atoms with Crippen LogP contribution in [-0.4, -0.2) is 64.5 Å². The molecule has 0 atom stereocenters. The van der Waals surface area contributed by atoms with E-state index in [0.29, 0.717) is 37.9 Å². The molecule has 1 aromatic heterocycles. The fourth-order valence-electron chi connectivity index (χ4n) is 4.19. The minimum absolute atomic E-state index is 0.0417. The summed E-state index contributed by atoms with van der Waals surface area (Å²) in [5.74, 6) is -0.273. The van der Waals surface area contributed by atoms with Crippen LogP contribution in [0.5, 0.6) is 0 Å². The number of ether oxygens (including phenoxy) is 1. The zero-order valence-electron chi connectivity index (χ0n) is 21.1. The maximum absolute atomic E-state index is 13.4. The van der Waals surface area contributed by atoms with Gasteiger partial charge in [-0.1, -0.05) is 55.8 Å². The van der Waals surface area contributed by atoms with Gasteiger partial charge >= 0.3 is 5.69 Å². The Labute approximate surface area is 210 Å². The van der Waals surface area contributed by atoms with E-state index in [1.54, 1.807) is 12.1 Å². The molecule has 2 aromatic carbocycles. The van der Waals surface area contributed by atoms with E-state index < -0.39 is 17.2 Å². The van der Waals surface area contributed by atoms with Gasteiger partial charge in [0.2, 0.25) is 5.69 Å². The van der Waals surface area contributed by atoms with Crippen LogP contribution in [-0.2, 0) is 11.3 Å². The summed E-state index contributed by atoms with van der Waals surface area (Å²) in [7, 11) is 0. The second-order valence-corrected chi connectivity index (χ2v) is 9.38. The molecule has 0 bridgehead atoms. The molecule has 9 heteroatoms. The second kappa shape index (κ2) is 11.5. The Kier molecular flexibility index (Phi) is 8.12. The fraction of sp³-hybridized carbons (Fsp3) is 0.407. The molecular weight excluding hydrogens is 458 g/mol. The van der Waals surface area contributed by atoms with Crippen molar-refractivity contribution >= 4 is 5.91 Å². The predicted molar refractivity (Wildman–Crippen MR) is 138 cm³/mol. The van der Waals surface area contributed by atoms with Gasteiger partial charge in [-0.05, 0) is 36.1 Å². The van der Waals surface area contributed by atoms with Gasteiger partial charge in [-0.2, -0.15) is 9.78 Å². The molecule has 190 valence electrons. The van der Waals surface area contributed by atoms with Crippen molar-refractivity contribution in [1.82, 2.24) is 24.6 Å². The highest BCUT2D eigenvalue weighted by atomic mass is 16.5. The molecule has 36 heavy (non-hydrogen) atoms. The number of rotatable bonds is 8. The molecule has 1 aliphatic rings. The van der Waals surface area contributed by atoms with Crippen molar-refractivity contribution < 1.29 is 9.53 Å². The van der Waals surface area contributed by atoms with Crippen LogP contribution in [0.4, 0.5) is 0 Å². The maximum Gasteiger partial charge on any atom is 0.352 e. The first-order chi connectivity index (χ1) is 17.3. The average Bonchev–Trinajstić information content (AvgIpc) is 2.87. The normalized spacial score (nSPS) is 14.2. The summed E-state index contributed by atoms with van der Waals surface area (Å²) in [6.07, 6.45) is 0. The molecule has 1 fully saturated rings. The quantitative estimate of drug-likeness (QED) is 0.517. The number of carbonyl (C=O) groups is 1. The molecular formula is C27H33N5O4. The third-order valence-corrected chi connectivity index (χ3v) is 6.32. The summed E-state index contributed by atoms with van der Waals surface area (Å²) < 4.78 is 7.57. The topological polar surface area (TPSA) is 98.5 Å². The number of morpholine rings is 1. The highest BCUT2D eigenvalue weighted by Crippen LogP contribution is 2.15. The summed E-state index contributed by atoms with van der Waals surface area (Å²) in [6.45, 7) is 10.1. The number of nitrogens with one attached hydrogen (secondary N) is 1. The van der Waals surface area contributed by atoms with Crippen LogP contribution in [0.1, 0.15) is 46.9 Å². The van der Waals surface area contributed by atoms with Gasteiger partial charge in [-0.25, -0.2) is 4.79 Å². The number of aromatic nitrogens is 3. The van der Waals surface area contributed by atoms with Crippen molar-refractivity contribution in [2.75, 3.05) is 39.4 Å². The van der Waals surface area contributed by atoms with Crippen LogP contribution in [0, 0.1) is 6.92 Å². The first kappa shape index (κ1) is 25.5. The van der Waals surface area contributed by atoms with E-state index in [1.807, 2.05) is 43.3 Å². The van der Waals surface area contributed by atoms with Crippen molar-refractivity contribution in [2.24, 2.45) is 0 Å². The summed E-state index contributed by atoms with van der Waals surface area (Å²) in [6, 6.07) is 15.0. The molecule has 0 spiro atoms. The number of benzene rings is 2. The monoisotopic (exact) mass is 491 g/mol. The maximum atomic E-state index is 13.4. The number of hydrogen-bond donors (Lipinski definition) is 1. The minimum Gasteiger partial charge on any atom is -0.379 e. The largest absolute Gasteiger partial charge is 0.379 e. The van der Waals surface area contributed by atoms with Gasteiger partial charge in [0, 0.05) is 26.2 Å². The van der Waals surface area contributed by atoms with Gasteiger partial charge in [0.15, 0.2) is 0 Å². The number of carbonyl (C=O) groups excluding carboxylic acids is 1. The SMILES string of the molecule is Cc1cccc(Cn2c(=O)c(C(=O)NCCN3CCOCC3)nn(-c3ccc(C(C)C)cc3)c2=O)c1. The van der Waals surface area contributed by atoms with Crippen LogP contribution >= 0.6 is 0 Å². The molecule has 1 aliphatic heterocycles. The van der Waals surface area contributed by atoms with E-state index in [9.17, 15) is 14.4 Å². The van der Waals surface area contributed by atoms with Gasteiger partial charge in [0.1, 0.15) is 0 Å². The zero-order chi connectivity index (χ0) is 25.7. The molecule has 0 unspecified atom stereocenters. The summed E-state index contributed by atoms with van der Waals surface area (Å²) in [5.41, 5.74) is 1.80. The predicted octanol–water partition coefficient (Wildman–Crippen LogP) is 1.94. The van der Waals surface area contributed by atoms with Gasteiger partial charge in [-0.3, -0.25) is 19.1 Å². The molecule has 0 saturated carbocycles. The summed E-state index contributed by atoms with van der Waals surface area (Å²) in [4.78, 5) is 42.0. The Morgan fingerprint density at radius 2 is 1.81 bits per heavy atom. The van der Waals surface area contributed by atoms with Crippen LogP contribution in [0.3, 0.4) is 0 Å². The van der Waals surface area contributed by atoms with Gasteiger partial charge in [0.05, 0.1) is 25.4 Å². The Morgan fingerprint density at radius 3 is 2.47 bits per heavy atom. The highest BCUT2D eigenvalue weighted by molar-refractivity contribution is 5.91. The molecule has 0 aliphatic carbocycles. The van der Waals surface area contributed by atoms with Crippen molar-refractivity contribution in [1.29, 1.82) is 0 Å². The van der Waals surface area contributed by atoms with E-state index in [2.05, 4.69) is 29.2 Å². The van der Waals surface area contributed by atoms with E-state index in [4.69, 9.17) is 4.74 Å². The summed E-state index contributed by atoms with van der Waals surface area (Å²) >= 11 is 0. The molecule has 1 amide bonds. The Bertz CT molecular complexity index is 1320. The molecule has 4 rings (SSSR count). The lowest BCUT2D eigenvalue weighted by Gasteiger charge is -2.26. The third kappa shape index (κ3) is 5.98. The fourth-order valence-corrected chi connectivity index (χ4v) is 4.19. The first-order valence-electron chi connectivity index (χ1n) is 12.3. The Morgan fingerprint density at radius 1 is 1.08 bits per heavy atom. The van der Waals surface area contributed by atoms with Crippen LogP contribution in [0.25, 0.3) is 5.69 Å². The van der Waals surface area contributed by atoms with E-state index in [1.165, 1.54) is 0 Å².